The van der Waals surface area contributed by atoms with Gasteiger partial charge in [-0.3, -0.25) is 14.9 Å². The van der Waals surface area contributed by atoms with Gasteiger partial charge in [-0.15, -0.1) is 0 Å². The Kier molecular flexibility index (Phi) is 7.86. The highest BCUT2D eigenvalue weighted by Crippen LogP contribution is 2.35. The molecule has 164 valence electrons. The molecule has 0 saturated heterocycles. The first-order valence-electron chi connectivity index (χ1n) is 9.67. The van der Waals surface area contributed by atoms with Crippen molar-refractivity contribution in [2.75, 3.05) is 11.9 Å². The molecule has 0 aromatic heterocycles. The summed E-state index contributed by atoms with van der Waals surface area (Å²) < 4.78 is 0. The summed E-state index contributed by atoms with van der Waals surface area (Å²) >= 11 is 7.16. The number of carbonyl (C=O) groups is 1. The second kappa shape index (κ2) is 10.8. The number of nitro benzene ring substituents is 1. The van der Waals surface area contributed by atoms with Crippen LogP contribution in [0.4, 0.5) is 11.4 Å². The van der Waals surface area contributed by atoms with Crippen LogP contribution in [-0.2, 0) is 4.79 Å². The minimum absolute atomic E-state index is 0.0448. The number of halogens is 1. The van der Waals surface area contributed by atoms with Crippen molar-refractivity contribution in [2.24, 2.45) is 5.10 Å². The Labute approximate surface area is 195 Å². The summed E-state index contributed by atoms with van der Waals surface area (Å²) in [5.74, 6) is -0.330. The van der Waals surface area contributed by atoms with Crippen molar-refractivity contribution in [3.05, 3.63) is 92.5 Å². The van der Waals surface area contributed by atoms with Crippen molar-refractivity contribution < 1.29 is 9.72 Å². The van der Waals surface area contributed by atoms with Crippen LogP contribution in [0.2, 0.25) is 5.02 Å². The second-order valence-corrected chi connectivity index (χ2v) is 8.54. The summed E-state index contributed by atoms with van der Waals surface area (Å²) in [6.45, 7) is 4.08. The number of nitrogens with zero attached hydrogens (tertiary/aromatic N) is 2. The summed E-state index contributed by atoms with van der Waals surface area (Å²) in [7, 11) is 0. The molecule has 0 aliphatic rings. The van der Waals surface area contributed by atoms with E-state index in [-0.39, 0.29) is 18.1 Å². The monoisotopic (exact) mass is 468 g/mol. The lowest BCUT2D eigenvalue weighted by atomic mass is 10.1. The first kappa shape index (κ1) is 23.3. The molecule has 32 heavy (non-hydrogen) atoms. The van der Waals surface area contributed by atoms with E-state index in [1.165, 1.54) is 29.6 Å². The van der Waals surface area contributed by atoms with Crippen molar-refractivity contribution in [1.82, 2.24) is 5.43 Å². The van der Waals surface area contributed by atoms with Gasteiger partial charge in [-0.1, -0.05) is 35.5 Å². The van der Waals surface area contributed by atoms with E-state index < -0.39 is 4.92 Å². The van der Waals surface area contributed by atoms with Crippen LogP contribution in [0.5, 0.6) is 0 Å². The molecule has 3 rings (SSSR count). The van der Waals surface area contributed by atoms with E-state index in [0.29, 0.717) is 15.5 Å². The smallest absolute Gasteiger partial charge is 0.283 e. The van der Waals surface area contributed by atoms with Crippen LogP contribution in [-0.4, -0.2) is 23.6 Å². The van der Waals surface area contributed by atoms with Crippen LogP contribution >= 0.6 is 23.4 Å². The standard InChI is InChI=1S/C23H21ClN4O3S/c1-15-3-7-19(11-16(15)2)25-14-23(29)27-26-13-17-4-10-22(21(12-17)28(30)31)32-20-8-5-18(24)6-9-20/h3-13,25H,14H2,1-2H3,(H,27,29)/b26-13-. The van der Waals surface area contributed by atoms with Gasteiger partial charge >= 0.3 is 0 Å². The molecule has 0 heterocycles. The number of amides is 1. The van der Waals surface area contributed by atoms with Crippen LogP contribution in [0.3, 0.4) is 0 Å². The average molecular weight is 469 g/mol. The molecule has 0 fully saturated rings. The lowest BCUT2D eigenvalue weighted by Crippen LogP contribution is -2.25. The lowest BCUT2D eigenvalue weighted by Gasteiger charge is -2.07. The zero-order chi connectivity index (χ0) is 23.1. The number of nitrogens with one attached hydrogen (secondary N) is 2. The van der Waals surface area contributed by atoms with Gasteiger partial charge in [0.25, 0.3) is 11.6 Å². The van der Waals surface area contributed by atoms with E-state index in [1.54, 1.807) is 36.4 Å². The topological polar surface area (TPSA) is 96.6 Å². The maximum Gasteiger partial charge on any atom is 0.283 e. The third-order valence-electron chi connectivity index (χ3n) is 4.58. The van der Waals surface area contributed by atoms with Gasteiger partial charge < -0.3 is 5.32 Å². The van der Waals surface area contributed by atoms with Gasteiger partial charge in [0.2, 0.25) is 0 Å². The molecule has 0 aliphatic heterocycles. The number of carbonyl (C=O) groups excluding carboxylic acids is 1. The summed E-state index contributed by atoms with van der Waals surface area (Å²) in [6.07, 6.45) is 1.37. The third kappa shape index (κ3) is 6.57. The Morgan fingerprint density at radius 1 is 1.09 bits per heavy atom. The average Bonchev–Trinajstić information content (AvgIpc) is 2.77. The van der Waals surface area contributed by atoms with Crippen LogP contribution in [0.1, 0.15) is 16.7 Å². The maximum absolute atomic E-state index is 12.0. The number of hydrazone groups is 1. The predicted octanol–water partition coefficient (Wildman–Crippen LogP) is 5.58. The van der Waals surface area contributed by atoms with E-state index >= 15 is 0 Å². The van der Waals surface area contributed by atoms with E-state index in [9.17, 15) is 14.9 Å². The highest BCUT2D eigenvalue weighted by Gasteiger charge is 2.15. The van der Waals surface area contributed by atoms with Gasteiger partial charge in [0.05, 0.1) is 22.6 Å². The van der Waals surface area contributed by atoms with Crippen LogP contribution in [0.25, 0.3) is 0 Å². The number of hydrogen-bond donors (Lipinski definition) is 2. The summed E-state index contributed by atoms with van der Waals surface area (Å²) in [5, 5.41) is 19.0. The molecule has 3 aromatic carbocycles. The number of nitro groups is 1. The number of benzene rings is 3. The summed E-state index contributed by atoms with van der Waals surface area (Å²) in [4.78, 5) is 24.4. The van der Waals surface area contributed by atoms with Crippen LogP contribution < -0.4 is 10.7 Å². The zero-order valence-corrected chi connectivity index (χ0v) is 19.0. The van der Waals surface area contributed by atoms with E-state index in [2.05, 4.69) is 15.8 Å². The lowest BCUT2D eigenvalue weighted by molar-refractivity contribution is -0.387. The van der Waals surface area contributed by atoms with Crippen LogP contribution in [0.15, 0.2) is 75.6 Å². The highest BCUT2D eigenvalue weighted by molar-refractivity contribution is 7.99. The molecule has 0 unspecified atom stereocenters. The molecule has 9 heteroatoms. The fourth-order valence-electron chi connectivity index (χ4n) is 2.73. The molecular weight excluding hydrogens is 448 g/mol. The highest BCUT2D eigenvalue weighted by atomic mass is 35.5. The molecular formula is C23H21ClN4O3S. The van der Waals surface area contributed by atoms with E-state index in [1.807, 2.05) is 32.0 Å². The van der Waals surface area contributed by atoms with Crippen molar-refractivity contribution >= 4 is 46.9 Å². The molecule has 0 aliphatic carbocycles. The second-order valence-electron chi connectivity index (χ2n) is 6.99. The molecule has 1 amide bonds. The quantitative estimate of drug-likeness (QED) is 0.255. The number of anilines is 1. The van der Waals surface area contributed by atoms with Crippen molar-refractivity contribution in [3.63, 3.8) is 0 Å². The molecule has 0 radical (unpaired) electrons. The van der Waals surface area contributed by atoms with Crippen molar-refractivity contribution in [1.29, 1.82) is 0 Å². The largest absolute Gasteiger partial charge is 0.376 e. The summed E-state index contributed by atoms with van der Waals surface area (Å²) in [6, 6.07) is 17.7. The SMILES string of the molecule is Cc1ccc(NCC(=O)N/N=C\c2ccc(Sc3ccc(Cl)cc3)c([N+](=O)[O-])c2)cc1C. The van der Waals surface area contributed by atoms with E-state index in [4.69, 9.17) is 11.6 Å². The van der Waals surface area contributed by atoms with Crippen LogP contribution in [0, 0.1) is 24.0 Å². The van der Waals surface area contributed by atoms with E-state index in [0.717, 1.165) is 16.1 Å². The summed E-state index contributed by atoms with van der Waals surface area (Å²) in [5.41, 5.74) is 6.02. The van der Waals surface area contributed by atoms with Gasteiger partial charge in [0.15, 0.2) is 0 Å². The molecule has 0 saturated carbocycles. The fourth-order valence-corrected chi connectivity index (χ4v) is 3.75. The molecule has 0 bridgehead atoms. The van der Waals surface area contributed by atoms with Gasteiger partial charge in [0.1, 0.15) is 0 Å². The Bertz CT molecular complexity index is 1170. The molecule has 0 spiro atoms. The Morgan fingerprint density at radius 3 is 2.53 bits per heavy atom. The number of hydrogen-bond acceptors (Lipinski definition) is 6. The Hall–Kier alpha value is -3.36. The first-order valence-corrected chi connectivity index (χ1v) is 10.9. The predicted molar refractivity (Wildman–Crippen MR) is 129 cm³/mol. The minimum atomic E-state index is -0.443. The molecule has 7 nitrogen and oxygen atoms in total. The number of rotatable bonds is 8. The number of aryl methyl sites for hydroxylation is 2. The Morgan fingerprint density at radius 2 is 1.84 bits per heavy atom. The van der Waals surface area contributed by atoms with Gasteiger partial charge in [-0.05, 0) is 67.4 Å². The first-order chi connectivity index (χ1) is 15.3. The van der Waals surface area contributed by atoms with Crippen molar-refractivity contribution in [2.45, 2.75) is 23.6 Å². The molecule has 2 N–H and O–H groups in total. The van der Waals surface area contributed by atoms with Crippen molar-refractivity contribution in [3.8, 4) is 0 Å². The van der Waals surface area contributed by atoms with Gasteiger partial charge in [-0.25, -0.2) is 5.43 Å². The van der Waals surface area contributed by atoms with Gasteiger partial charge in [-0.2, -0.15) is 5.10 Å². The molecule has 3 aromatic rings. The normalized spacial score (nSPS) is 10.8. The minimum Gasteiger partial charge on any atom is -0.376 e. The fraction of sp³-hybridized carbons (Fsp3) is 0.130. The Balaban J connectivity index is 1.60. The third-order valence-corrected chi connectivity index (χ3v) is 5.91. The van der Waals surface area contributed by atoms with Gasteiger partial charge in [0, 0.05) is 27.2 Å². The molecule has 0 atom stereocenters. The zero-order valence-electron chi connectivity index (χ0n) is 17.5. The maximum atomic E-state index is 12.0.